The summed E-state index contributed by atoms with van der Waals surface area (Å²) in [5.41, 5.74) is 0. The molecule has 0 N–H and O–H groups in total. The summed E-state index contributed by atoms with van der Waals surface area (Å²) >= 11 is 0. The quantitative estimate of drug-likeness (QED) is 0.0313. The minimum atomic E-state index is -0.847. The molecular formula is C36H68O8Zr. The number of ketones is 2. The van der Waals surface area contributed by atoms with E-state index in [1.165, 1.54) is 77.0 Å². The second-order valence-electron chi connectivity index (χ2n) is 11.9. The number of hydrogen-bond donors (Lipinski definition) is 0. The maximum absolute atomic E-state index is 12.0. The summed E-state index contributed by atoms with van der Waals surface area (Å²) in [6.45, 7) is 12.8. The van der Waals surface area contributed by atoms with Crippen LogP contribution in [-0.2, 0) is 64.9 Å². The molecule has 0 aromatic heterocycles. The number of rotatable bonds is 30. The van der Waals surface area contributed by atoms with Crippen molar-refractivity contribution in [3.63, 3.8) is 0 Å². The largest absolute Gasteiger partial charge is 0.408 e. The monoisotopic (exact) mass is 718 g/mol. The standard InChI is InChI=1S/2C18H34O4.Zr/c2*1-4-7-8-9-10-11-12-13-14-16(6-3)17(19)18(20)22-21-15-5-2;/h2*16H,4-15H2,1-3H3;. The van der Waals surface area contributed by atoms with E-state index < -0.39 is 23.5 Å². The van der Waals surface area contributed by atoms with E-state index in [0.29, 0.717) is 26.1 Å². The Kier molecular flexibility index (Phi) is 40.4. The molecular weight excluding hydrogens is 652 g/mol. The van der Waals surface area contributed by atoms with Crippen molar-refractivity contribution < 1.29 is 64.9 Å². The van der Waals surface area contributed by atoms with Gasteiger partial charge in [0.05, 0.1) is 13.2 Å². The van der Waals surface area contributed by atoms with E-state index in [4.69, 9.17) is 0 Å². The molecule has 0 heterocycles. The zero-order valence-electron chi connectivity index (χ0n) is 29.9. The minimum Gasteiger partial charge on any atom is -0.289 e. The Hall–Kier alpha value is -0.917. The van der Waals surface area contributed by atoms with Gasteiger partial charge in [-0.3, -0.25) is 19.4 Å². The molecule has 0 fully saturated rings. The van der Waals surface area contributed by atoms with Gasteiger partial charge in [-0.25, -0.2) is 9.59 Å². The van der Waals surface area contributed by atoms with Crippen molar-refractivity contribution in [2.75, 3.05) is 13.2 Å². The van der Waals surface area contributed by atoms with Crippen LogP contribution in [0.1, 0.15) is 183 Å². The molecule has 2 atom stereocenters. The number of carbonyl (C=O) groups excluding carboxylic acids is 4. The molecule has 0 aliphatic rings. The van der Waals surface area contributed by atoms with Gasteiger partial charge in [-0.15, -0.1) is 0 Å². The minimum absolute atomic E-state index is 0. The van der Waals surface area contributed by atoms with E-state index in [9.17, 15) is 19.2 Å². The van der Waals surface area contributed by atoms with Crippen LogP contribution in [0.4, 0.5) is 0 Å². The first-order chi connectivity index (χ1) is 21.3. The molecule has 0 saturated heterocycles. The van der Waals surface area contributed by atoms with Crippen molar-refractivity contribution in [2.24, 2.45) is 11.8 Å². The van der Waals surface area contributed by atoms with Gasteiger partial charge >= 0.3 is 11.9 Å². The Morgan fingerprint density at radius 1 is 0.422 bits per heavy atom. The van der Waals surface area contributed by atoms with Gasteiger partial charge < -0.3 is 0 Å². The van der Waals surface area contributed by atoms with Crippen molar-refractivity contribution in [1.82, 2.24) is 0 Å². The maximum Gasteiger partial charge on any atom is 0.408 e. The van der Waals surface area contributed by atoms with E-state index in [-0.39, 0.29) is 38.0 Å². The first-order valence-corrected chi connectivity index (χ1v) is 18.1. The molecule has 0 saturated carbocycles. The van der Waals surface area contributed by atoms with Crippen molar-refractivity contribution >= 4 is 23.5 Å². The normalized spacial score (nSPS) is 11.9. The van der Waals surface area contributed by atoms with Gasteiger partial charge in [-0.05, 0) is 38.5 Å². The number of carbonyl (C=O) groups is 4. The first kappa shape index (κ1) is 48.5. The molecule has 8 nitrogen and oxygen atoms in total. The van der Waals surface area contributed by atoms with Crippen LogP contribution in [0.5, 0.6) is 0 Å². The third-order valence-corrected chi connectivity index (χ3v) is 7.79. The van der Waals surface area contributed by atoms with E-state index in [2.05, 4.69) is 33.4 Å². The molecule has 0 aromatic carbocycles. The molecule has 0 amide bonds. The van der Waals surface area contributed by atoms with Crippen LogP contribution in [0.3, 0.4) is 0 Å². The predicted molar refractivity (Wildman–Crippen MR) is 177 cm³/mol. The second kappa shape index (κ2) is 37.5. The summed E-state index contributed by atoms with van der Waals surface area (Å²) in [5.74, 6) is -3.03. The molecule has 45 heavy (non-hydrogen) atoms. The van der Waals surface area contributed by atoms with Crippen LogP contribution >= 0.6 is 0 Å². The molecule has 2 unspecified atom stereocenters. The van der Waals surface area contributed by atoms with Gasteiger partial charge in [-0.2, -0.15) is 9.78 Å². The molecule has 0 rings (SSSR count). The molecule has 0 spiro atoms. The zero-order valence-corrected chi connectivity index (χ0v) is 32.3. The smallest absolute Gasteiger partial charge is 0.289 e. The van der Waals surface area contributed by atoms with Gasteiger partial charge in [0.2, 0.25) is 11.6 Å². The molecule has 0 aliphatic heterocycles. The Bertz CT molecular complexity index is 643. The van der Waals surface area contributed by atoms with Crippen molar-refractivity contribution in [3.8, 4) is 0 Å². The molecule has 0 bridgehead atoms. The van der Waals surface area contributed by atoms with E-state index in [1.54, 1.807) is 0 Å². The Balaban J connectivity index is -0.000000767. The van der Waals surface area contributed by atoms with Gasteiger partial charge in [0.15, 0.2) is 0 Å². The average Bonchev–Trinajstić information content (AvgIpc) is 3.03. The van der Waals surface area contributed by atoms with Crippen molar-refractivity contribution in [1.29, 1.82) is 0 Å². The summed E-state index contributed by atoms with van der Waals surface area (Å²) in [5, 5.41) is 0. The fraction of sp³-hybridized carbons (Fsp3) is 0.889. The van der Waals surface area contributed by atoms with Crippen LogP contribution in [0.2, 0.25) is 0 Å². The summed E-state index contributed by atoms with van der Waals surface area (Å²) in [7, 11) is 0. The van der Waals surface area contributed by atoms with Crippen LogP contribution in [0.15, 0.2) is 0 Å². The molecule has 264 valence electrons. The van der Waals surface area contributed by atoms with E-state index in [0.717, 1.165) is 51.4 Å². The third-order valence-electron chi connectivity index (χ3n) is 7.79. The number of Topliss-reactive ketones (excluding diaryl/α,β-unsaturated/α-hetero) is 2. The van der Waals surface area contributed by atoms with Crippen LogP contribution in [0, 0.1) is 11.8 Å². The Labute approximate surface area is 295 Å². The Morgan fingerprint density at radius 3 is 0.978 bits per heavy atom. The average molecular weight is 720 g/mol. The molecule has 9 heteroatoms. The topological polar surface area (TPSA) is 105 Å². The molecule has 0 aliphatic carbocycles. The SMILES string of the molecule is CCCCCCCCCCC(CC)C(=O)C(=O)OOCCC.CCCCCCCCCCC(CC)C(=O)C(=O)OOCCC.[Zr]. The van der Waals surface area contributed by atoms with Gasteiger partial charge in [0, 0.05) is 38.0 Å². The molecule has 0 aromatic rings. The summed E-state index contributed by atoms with van der Waals surface area (Å²) in [4.78, 5) is 65.4. The fourth-order valence-electron chi connectivity index (χ4n) is 4.86. The van der Waals surface area contributed by atoms with Gasteiger partial charge in [-0.1, -0.05) is 144 Å². The summed E-state index contributed by atoms with van der Waals surface area (Å²) in [6.07, 6.45) is 24.1. The zero-order chi connectivity index (χ0) is 33.3. The first-order valence-electron chi connectivity index (χ1n) is 18.1. The van der Waals surface area contributed by atoms with Crippen molar-refractivity contribution in [3.05, 3.63) is 0 Å². The number of hydrogen-bond acceptors (Lipinski definition) is 8. The van der Waals surface area contributed by atoms with E-state index >= 15 is 0 Å². The summed E-state index contributed by atoms with van der Waals surface area (Å²) in [6, 6.07) is 0. The summed E-state index contributed by atoms with van der Waals surface area (Å²) < 4.78 is 0. The second-order valence-corrected chi connectivity index (χ2v) is 11.9. The predicted octanol–water partition coefficient (Wildman–Crippen LogP) is 9.99. The van der Waals surface area contributed by atoms with Crippen LogP contribution in [-0.4, -0.2) is 36.7 Å². The molecule has 0 radical (unpaired) electrons. The van der Waals surface area contributed by atoms with Crippen LogP contribution in [0.25, 0.3) is 0 Å². The van der Waals surface area contributed by atoms with Crippen LogP contribution < -0.4 is 0 Å². The fourth-order valence-corrected chi connectivity index (χ4v) is 4.86. The van der Waals surface area contributed by atoms with Gasteiger partial charge in [0.1, 0.15) is 0 Å². The maximum atomic E-state index is 12.0. The van der Waals surface area contributed by atoms with E-state index in [1.807, 2.05) is 27.7 Å². The van der Waals surface area contributed by atoms with Gasteiger partial charge in [0.25, 0.3) is 0 Å². The third kappa shape index (κ3) is 30.2. The van der Waals surface area contributed by atoms with Crippen molar-refractivity contribution in [2.45, 2.75) is 183 Å². The Morgan fingerprint density at radius 2 is 0.711 bits per heavy atom. The number of unbranched alkanes of at least 4 members (excludes halogenated alkanes) is 14.